The topological polar surface area (TPSA) is 111 Å². The van der Waals surface area contributed by atoms with Gasteiger partial charge in [0, 0.05) is 36.0 Å². The molecule has 3 aromatic rings. The van der Waals surface area contributed by atoms with Gasteiger partial charge in [-0.1, -0.05) is 23.4 Å². The highest BCUT2D eigenvalue weighted by Crippen LogP contribution is 2.42. The number of rotatable bonds is 5. The van der Waals surface area contributed by atoms with E-state index in [0.29, 0.717) is 28.4 Å². The van der Waals surface area contributed by atoms with Crippen LogP contribution in [0.25, 0.3) is 10.9 Å². The van der Waals surface area contributed by atoms with Crippen molar-refractivity contribution < 1.29 is 4.74 Å². The Morgan fingerprint density at radius 3 is 2.76 bits per heavy atom. The first kappa shape index (κ1) is 25.1. The van der Waals surface area contributed by atoms with E-state index in [4.69, 9.17) is 22.1 Å². The summed E-state index contributed by atoms with van der Waals surface area (Å²) >= 11 is 8.16. The SMILES string of the molecule is C[C@@H]1OCC2(CCN(c3cnc(Sc4ccc5ncn(CC6CCNC6)c(=O)c5c4Cl)cn3)CC2)[C@@H]1N. The Morgan fingerprint density at radius 2 is 2.08 bits per heavy atom. The third-order valence-corrected chi connectivity index (χ3v) is 9.76. The minimum atomic E-state index is -0.101. The summed E-state index contributed by atoms with van der Waals surface area (Å²) in [7, 11) is 0. The lowest BCUT2D eigenvalue weighted by Crippen LogP contribution is -2.50. The molecule has 1 unspecified atom stereocenters. The highest BCUT2D eigenvalue weighted by Gasteiger charge is 2.47. The largest absolute Gasteiger partial charge is 0.376 e. The number of nitrogens with one attached hydrogen (secondary N) is 1. The van der Waals surface area contributed by atoms with Crippen molar-refractivity contribution >= 4 is 40.1 Å². The summed E-state index contributed by atoms with van der Waals surface area (Å²) < 4.78 is 7.52. The number of nitrogens with zero attached hydrogens (tertiary/aromatic N) is 5. The minimum Gasteiger partial charge on any atom is -0.376 e. The van der Waals surface area contributed by atoms with Crippen LogP contribution in [-0.2, 0) is 11.3 Å². The number of halogens is 1. The fourth-order valence-corrected chi connectivity index (χ4v) is 6.96. The smallest absolute Gasteiger partial charge is 0.262 e. The zero-order chi connectivity index (χ0) is 25.6. The first-order valence-electron chi connectivity index (χ1n) is 12.9. The van der Waals surface area contributed by atoms with E-state index in [-0.39, 0.29) is 23.1 Å². The van der Waals surface area contributed by atoms with Crippen molar-refractivity contribution in [1.82, 2.24) is 24.8 Å². The Bertz CT molecular complexity index is 1340. The minimum absolute atomic E-state index is 0.0768. The van der Waals surface area contributed by atoms with Crippen molar-refractivity contribution in [3.63, 3.8) is 0 Å². The number of hydrogen-bond donors (Lipinski definition) is 2. The van der Waals surface area contributed by atoms with E-state index in [2.05, 4.69) is 32.1 Å². The summed E-state index contributed by atoms with van der Waals surface area (Å²) in [5, 5.41) is 4.93. The van der Waals surface area contributed by atoms with Gasteiger partial charge in [0.1, 0.15) is 10.8 Å². The number of nitrogens with two attached hydrogens (primary N) is 1. The molecule has 11 heteroatoms. The van der Waals surface area contributed by atoms with Crippen molar-refractivity contribution in [1.29, 1.82) is 0 Å². The average molecular weight is 542 g/mol. The monoisotopic (exact) mass is 541 g/mol. The van der Waals surface area contributed by atoms with Crippen LogP contribution in [0.3, 0.4) is 0 Å². The first-order chi connectivity index (χ1) is 17.9. The van der Waals surface area contributed by atoms with E-state index in [1.165, 1.54) is 11.8 Å². The van der Waals surface area contributed by atoms with E-state index in [1.807, 2.05) is 18.3 Å². The molecule has 1 spiro atoms. The molecule has 3 N–H and O–H groups in total. The van der Waals surface area contributed by atoms with E-state index in [9.17, 15) is 4.79 Å². The maximum atomic E-state index is 13.3. The summed E-state index contributed by atoms with van der Waals surface area (Å²) in [5.41, 5.74) is 7.03. The summed E-state index contributed by atoms with van der Waals surface area (Å²) in [6.07, 6.45) is 8.37. The Labute approximate surface area is 225 Å². The summed E-state index contributed by atoms with van der Waals surface area (Å²) in [5.74, 6) is 1.29. The van der Waals surface area contributed by atoms with Gasteiger partial charge in [-0.2, -0.15) is 0 Å². The molecule has 9 nitrogen and oxygen atoms in total. The Balaban J connectivity index is 1.16. The number of hydrogen-bond acceptors (Lipinski definition) is 9. The molecule has 0 radical (unpaired) electrons. The Kier molecular flexibility index (Phi) is 6.87. The molecule has 3 aliphatic rings. The van der Waals surface area contributed by atoms with Gasteiger partial charge in [-0.15, -0.1) is 0 Å². The van der Waals surface area contributed by atoms with Crippen molar-refractivity contribution in [2.45, 2.75) is 54.8 Å². The van der Waals surface area contributed by atoms with Crippen LogP contribution in [0.2, 0.25) is 5.02 Å². The Hall–Kier alpha value is -2.24. The van der Waals surface area contributed by atoms with Gasteiger partial charge < -0.3 is 20.7 Å². The molecule has 6 rings (SSSR count). The third-order valence-electron chi connectivity index (χ3n) is 8.27. The molecule has 0 amide bonds. The quantitative estimate of drug-likeness (QED) is 0.503. The lowest BCUT2D eigenvalue weighted by molar-refractivity contribution is 0.0974. The van der Waals surface area contributed by atoms with E-state index in [0.717, 1.165) is 67.8 Å². The van der Waals surface area contributed by atoms with Crippen LogP contribution >= 0.6 is 23.4 Å². The normalized spacial score (nSPS) is 25.4. The van der Waals surface area contributed by atoms with Crippen LogP contribution in [0, 0.1) is 11.3 Å². The van der Waals surface area contributed by atoms with Crippen LogP contribution in [-0.4, -0.2) is 64.5 Å². The van der Waals surface area contributed by atoms with Crippen LogP contribution in [0.1, 0.15) is 26.2 Å². The number of fused-ring (bicyclic) bond motifs is 1. The molecule has 3 aliphatic heterocycles. The summed E-state index contributed by atoms with van der Waals surface area (Å²) in [6, 6.07) is 3.82. The van der Waals surface area contributed by atoms with Crippen molar-refractivity contribution in [3.05, 3.63) is 46.2 Å². The third kappa shape index (κ3) is 4.74. The van der Waals surface area contributed by atoms with Gasteiger partial charge >= 0.3 is 0 Å². The molecule has 1 aromatic carbocycles. The zero-order valence-electron chi connectivity index (χ0n) is 20.9. The fourth-order valence-electron chi connectivity index (χ4n) is 5.84. The molecule has 0 aliphatic carbocycles. The lowest BCUT2D eigenvalue weighted by Gasteiger charge is -2.41. The second kappa shape index (κ2) is 10.1. The van der Waals surface area contributed by atoms with Gasteiger partial charge in [0.15, 0.2) is 0 Å². The van der Waals surface area contributed by atoms with Gasteiger partial charge in [-0.3, -0.25) is 9.36 Å². The molecule has 196 valence electrons. The fraction of sp³-hybridized carbons (Fsp3) is 0.538. The maximum absolute atomic E-state index is 13.3. The first-order valence-corrected chi connectivity index (χ1v) is 14.1. The van der Waals surface area contributed by atoms with Crippen LogP contribution in [0.4, 0.5) is 5.82 Å². The van der Waals surface area contributed by atoms with E-state index in [1.54, 1.807) is 17.1 Å². The van der Waals surface area contributed by atoms with Crippen LogP contribution < -0.4 is 21.5 Å². The number of anilines is 1. The second-order valence-electron chi connectivity index (χ2n) is 10.5. The van der Waals surface area contributed by atoms with Gasteiger partial charge in [0.05, 0.1) is 47.4 Å². The molecule has 3 fully saturated rings. The molecular weight excluding hydrogens is 510 g/mol. The van der Waals surface area contributed by atoms with Crippen molar-refractivity contribution in [3.8, 4) is 0 Å². The molecule has 5 heterocycles. The Morgan fingerprint density at radius 1 is 1.24 bits per heavy atom. The molecule has 0 saturated carbocycles. The molecule has 3 atom stereocenters. The number of benzene rings is 1. The van der Waals surface area contributed by atoms with Gasteiger partial charge in [0.2, 0.25) is 0 Å². The highest BCUT2D eigenvalue weighted by atomic mass is 35.5. The average Bonchev–Trinajstić information content (AvgIpc) is 3.53. The molecular formula is C26H32ClN7O2S. The van der Waals surface area contributed by atoms with Gasteiger partial charge in [-0.25, -0.2) is 15.0 Å². The molecule has 3 saturated heterocycles. The second-order valence-corrected chi connectivity index (χ2v) is 12.0. The van der Waals surface area contributed by atoms with E-state index < -0.39 is 0 Å². The number of ether oxygens (including phenoxy) is 1. The van der Waals surface area contributed by atoms with Gasteiger partial charge in [0.25, 0.3) is 5.56 Å². The number of piperidine rings is 1. The summed E-state index contributed by atoms with van der Waals surface area (Å²) in [6.45, 7) is 7.14. The standard InChI is InChI=1S/C26H32ClN7O2S/c1-16-24(28)26(14-36-16)5-8-33(9-6-26)20-11-31-21(12-30-20)37-19-3-2-18-22(23(19)27)25(35)34(15-32-18)13-17-4-7-29-10-17/h2-3,11-12,15-17,24,29H,4-10,13-14,28H2,1H3/t16-,17?,24+/m0/s1. The highest BCUT2D eigenvalue weighted by molar-refractivity contribution is 7.99. The predicted molar refractivity (Wildman–Crippen MR) is 145 cm³/mol. The molecule has 0 bridgehead atoms. The number of aromatic nitrogens is 4. The van der Waals surface area contributed by atoms with Crippen LogP contribution in [0.15, 0.2) is 45.6 Å². The zero-order valence-corrected chi connectivity index (χ0v) is 22.5. The maximum Gasteiger partial charge on any atom is 0.262 e. The molecule has 37 heavy (non-hydrogen) atoms. The van der Waals surface area contributed by atoms with E-state index >= 15 is 0 Å². The predicted octanol–water partition coefficient (Wildman–Crippen LogP) is 2.93. The van der Waals surface area contributed by atoms with Gasteiger partial charge in [-0.05, 0) is 57.3 Å². The van der Waals surface area contributed by atoms with Crippen LogP contribution in [0.5, 0.6) is 0 Å². The molecule has 2 aromatic heterocycles. The lowest BCUT2D eigenvalue weighted by atomic mass is 9.73. The van der Waals surface area contributed by atoms with Crippen molar-refractivity contribution in [2.24, 2.45) is 17.1 Å². The van der Waals surface area contributed by atoms with Crippen molar-refractivity contribution in [2.75, 3.05) is 37.7 Å². The summed E-state index contributed by atoms with van der Waals surface area (Å²) in [4.78, 5) is 30.1.